The highest BCUT2D eigenvalue weighted by Gasteiger charge is 2.29. The minimum absolute atomic E-state index is 0.267. The normalized spacial score (nSPS) is 26.3. The summed E-state index contributed by atoms with van der Waals surface area (Å²) in [5, 5.41) is 10.4. The molecule has 1 aliphatic rings. The summed E-state index contributed by atoms with van der Waals surface area (Å²) in [6, 6.07) is 0.267. The van der Waals surface area contributed by atoms with Gasteiger partial charge in [0.2, 0.25) is 0 Å². The van der Waals surface area contributed by atoms with Crippen molar-refractivity contribution < 1.29 is 0 Å². The number of H-pyrrole nitrogens is 1. The monoisotopic (exact) mass is 264 g/mol. The second-order valence-electron chi connectivity index (χ2n) is 7.08. The van der Waals surface area contributed by atoms with Crippen LogP contribution in [0, 0.1) is 17.3 Å². The Labute approximate surface area is 116 Å². The Morgan fingerprint density at radius 3 is 2.53 bits per heavy atom. The van der Waals surface area contributed by atoms with Gasteiger partial charge >= 0.3 is 0 Å². The minimum Gasteiger partial charge on any atom is -0.307 e. The SMILES string of the molecule is CC(NCC1CCC(C(C)(C)C)CC1)c1ncn[nH]1. The van der Waals surface area contributed by atoms with Gasteiger partial charge in [-0.25, -0.2) is 4.98 Å². The molecule has 4 heteroatoms. The Hall–Kier alpha value is -0.900. The van der Waals surface area contributed by atoms with Gasteiger partial charge in [-0.05, 0) is 56.4 Å². The van der Waals surface area contributed by atoms with Crippen LogP contribution in [-0.4, -0.2) is 21.7 Å². The molecule has 4 nitrogen and oxygen atoms in total. The molecular weight excluding hydrogens is 236 g/mol. The topological polar surface area (TPSA) is 53.6 Å². The van der Waals surface area contributed by atoms with Crippen LogP contribution >= 0.6 is 0 Å². The number of nitrogens with zero attached hydrogens (tertiary/aromatic N) is 2. The van der Waals surface area contributed by atoms with E-state index in [1.165, 1.54) is 25.7 Å². The molecule has 108 valence electrons. The molecule has 0 bridgehead atoms. The van der Waals surface area contributed by atoms with E-state index in [-0.39, 0.29) is 6.04 Å². The highest BCUT2D eigenvalue weighted by molar-refractivity contribution is 4.89. The predicted molar refractivity (Wildman–Crippen MR) is 77.7 cm³/mol. The first kappa shape index (κ1) is 14.5. The van der Waals surface area contributed by atoms with Crippen molar-refractivity contribution in [2.24, 2.45) is 17.3 Å². The zero-order valence-electron chi connectivity index (χ0n) is 12.7. The fraction of sp³-hybridized carbons (Fsp3) is 0.867. The van der Waals surface area contributed by atoms with Crippen molar-refractivity contribution in [3.63, 3.8) is 0 Å². The van der Waals surface area contributed by atoms with Gasteiger partial charge in [-0.15, -0.1) is 0 Å². The molecule has 1 heterocycles. The third-order valence-corrected chi connectivity index (χ3v) is 4.63. The van der Waals surface area contributed by atoms with Crippen LogP contribution in [-0.2, 0) is 0 Å². The second kappa shape index (κ2) is 6.04. The fourth-order valence-electron chi connectivity index (χ4n) is 3.10. The fourth-order valence-corrected chi connectivity index (χ4v) is 3.10. The Morgan fingerprint density at radius 2 is 2.00 bits per heavy atom. The molecule has 1 saturated carbocycles. The number of aromatic nitrogens is 3. The summed E-state index contributed by atoms with van der Waals surface area (Å²) in [4.78, 5) is 4.20. The maximum Gasteiger partial charge on any atom is 0.141 e. The maximum absolute atomic E-state index is 4.20. The molecular formula is C15H28N4. The molecule has 0 aromatic carbocycles. The average molecular weight is 264 g/mol. The van der Waals surface area contributed by atoms with E-state index in [0.717, 1.165) is 24.2 Å². The summed E-state index contributed by atoms with van der Waals surface area (Å²) < 4.78 is 0. The van der Waals surface area contributed by atoms with Crippen LogP contribution in [0.1, 0.15) is 65.2 Å². The molecule has 1 fully saturated rings. The molecule has 0 radical (unpaired) electrons. The summed E-state index contributed by atoms with van der Waals surface area (Å²) in [5.74, 6) is 2.66. The number of rotatable bonds is 4. The smallest absolute Gasteiger partial charge is 0.141 e. The van der Waals surface area contributed by atoms with Gasteiger partial charge in [-0.2, -0.15) is 5.10 Å². The Morgan fingerprint density at radius 1 is 1.32 bits per heavy atom. The first-order valence-corrected chi connectivity index (χ1v) is 7.55. The van der Waals surface area contributed by atoms with Gasteiger partial charge < -0.3 is 5.32 Å². The van der Waals surface area contributed by atoms with Crippen LogP contribution in [0.15, 0.2) is 6.33 Å². The molecule has 2 rings (SSSR count). The Bertz CT molecular complexity index is 358. The zero-order chi connectivity index (χ0) is 13.9. The summed E-state index contributed by atoms with van der Waals surface area (Å²) in [6.45, 7) is 10.4. The van der Waals surface area contributed by atoms with E-state index in [0.29, 0.717) is 5.41 Å². The van der Waals surface area contributed by atoms with Gasteiger partial charge in [-0.3, -0.25) is 5.10 Å². The summed E-state index contributed by atoms with van der Waals surface area (Å²) in [7, 11) is 0. The summed E-state index contributed by atoms with van der Waals surface area (Å²) in [5.41, 5.74) is 0.478. The van der Waals surface area contributed by atoms with Gasteiger partial charge in [0.25, 0.3) is 0 Å². The largest absolute Gasteiger partial charge is 0.307 e. The van der Waals surface area contributed by atoms with Crippen molar-refractivity contribution >= 4 is 0 Å². The standard InChI is InChI=1S/C15H28N4/c1-11(14-17-10-18-19-14)16-9-12-5-7-13(8-6-12)15(2,3)4/h10-13,16H,5-9H2,1-4H3,(H,17,18,19). The van der Waals surface area contributed by atoms with Gasteiger partial charge in [-0.1, -0.05) is 20.8 Å². The third-order valence-electron chi connectivity index (χ3n) is 4.63. The van der Waals surface area contributed by atoms with E-state index < -0.39 is 0 Å². The van der Waals surface area contributed by atoms with Gasteiger partial charge in [0.05, 0.1) is 6.04 Å². The van der Waals surface area contributed by atoms with Gasteiger partial charge in [0.15, 0.2) is 0 Å². The quantitative estimate of drug-likeness (QED) is 0.877. The predicted octanol–water partition coefficient (Wildman–Crippen LogP) is 3.31. The van der Waals surface area contributed by atoms with E-state index in [4.69, 9.17) is 0 Å². The lowest BCUT2D eigenvalue weighted by molar-refractivity contribution is 0.148. The third kappa shape index (κ3) is 4.03. The van der Waals surface area contributed by atoms with Crippen molar-refractivity contribution in [2.45, 2.75) is 59.4 Å². The highest BCUT2D eigenvalue weighted by Crippen LogP contribution is 2.39. The number of nitrogens with one attached hydrogen (secondary N) is 2. The first-order chi connectivity index (χ1) is 8.97. The van der Waals surface area contributed by atoms with Crippen LogP contribution in [0.3, 0.4) is 0 Å². The Kier molecular flexibility index (Phi) is 4.61. The highest BCUT2D eigenvalue weighted by atomic mass is 15.2. The number of hydrogen-bond donors (Lipinski definition) is 2. The lowest BCUT2D eigenvalue weighted by atomic mass is 9.70. The molecule has 1 atom stereocenters. The van der Waals surface area contributed by atoms with Crippen LogP contribution in [0.2, 0.25) is 0 Å². The van der Waals surface area contributed by atoms with E-state index in [1.807, 2.05) is 0 Å². The molecule has 1 aromatic rings. The molecule has 1 unspecified atom stereocenters. The van der Waals surface area contributed by atoms with Gasteiger partial charge in [0, 0.05) is 0 Å². The molecule has 0 spiro atoms. The summed E-state index contributed by atoms with van der Waals surface area (Å²) in [6.07, 6.45) is 7.05. The van der Waals surface area contributed by atoms with Crippen molar-refractivity contribution in [3.8, 4) is 0 Å². The second-order valence-corrected chi connectivity index (χ2v) is 7.08. The molecule has 19 heavy (non-hydrogen) atoms. The average Bonchev–Trinajstić information content (AvgIpc) is 2.89. The Balaban J connectivity index is 1.71. The van der Waals surface area contributed by atoms with Crippen LogP contribution in [0.5, 0.6) is 0 Å². The van der Waals surface area contributed by atoms with Crippen LogP contribution in [0.25, 0.3) is 0 Å². The van der Waals surface area contributed by atoms with E-state index >= 15 is 0 Å². The van der Waals surface area contributed by atoms with E-state index in [9.17, 15) is 0 Å². The maximum atomic E-state index is 4.20. The molecule has 0 aliphatic heterocycles. The van der Waals surface area contributed by atoms with Crippen LogP contribution < -0.4 is 5.32 Å². The molecule has 2 N–H and O–H groups in total. The van der Waals surface area contributed by atoms with Crippen LogP contribution in [0.4, 0.5) is 0 Å². The van der Waals surface area contributed by atoms with E-state index in [2.05, 4.69) is 48.2 Å². The van der Waals surface area contributed by atoms with Crippen molar-refractivity contribution in [1.82, 2.24) is 20.5 Å². The minimum atomic E-state index is 0.267. The molecule has 1 aromatic heterocycles. The van der Waals surface area contributed by atoms with E-state index in [1.54, 1.807) is 6.33 Å². The summed E-state index contributed by atoms with van der Waals surface area (Å²) >= 11 is 0. The van der Waals surface area contributed by atoms with Crippen molar-refractivity contribution in [2.75, 3.05) is 6.54 Å². The molecule has 1 aliphatic carbocycles. The number of aromatic amines is 1. The lowest BCUT2D eigenvalue weighted by Crippen LogP contribution is -2.32. The molecule has 0 saturated heterocycles. The van der Waals surface area contributed by atoms with Crippen molar-refractivity contribution in [3.05, 3.63) is 12.2 Å². The zero-order valence-corrected chi connectivity index (χ0v) is 12.7. The molecule has 0 amide bonds. The van der Waals surface area contributed by atoms with Crippen molar-refractivity contribution in [1.29, 1.82) is 0 Å². The first-order valence-electron chi connectivity index (χ1n) is 7.55. The lowest BCUT2D eigenvalue weighted by Gasteiger charge is -2.37. The number of hydrogen-bond acceptors (Lipinski definition) is 3. The van der Waals surface area contributed by atoms with Gasteiger partial charge in [0.1, 0.15) is 12.2 Å².